The van der Waals surface area contributed by atoms with Crippen LogP contribution in [-0.4, -0.2) is 97.5 Å². The van der Waals surface area contributed by atoms with Crippen molar-refractivity contribution in [3.63, 3.8) is 0 Å². The number of para-hydroxylation sites is 2. The number of carbonyl (C=O) groups is 2. The van der Waals surface area contributed by atoms with Crippen molar-refractivity contribution >= 4 is 28.8 Å². The Hall–Kier alpha value is -3.82. The van der Waals surface area contributed by atoms with Crippen molar-refractivity contribution in [1.29, 1.82) is 0 Å². The van der Waals surface area contributed by atoms with E-state index in [1.807, 2.05) is 64.1 Å². The van der Waals surface area contributed by atoms with E-state index in [-0.39, 0.29) is 18.3 Å². The van der Waals surface area contributed by atoms with Crippen LogP contribution >= 0.6 is 0 Å². The minimum absolute atomic E-state index is 0.199. The number of piperazine rings is 2. The van der Waals surface area contributed by atoms with Gasteiger partial charge in [0.25, 0.3) is 0 Å². The van der Waals surface area contributed by atoms with Crippen LogP contribution < -0.4 is 10.2 Å². The van der Waals surface area contributed by atoms with E-state index < -0.39 is 5.97 Å². The number of rotatable bonds is 5. The summed E-state index contributed by atoms with van der Waals surface area (Å²) in [5.74, 6) is -0.334. The Morgan fingerprint density at radius 2 is 1.58 bits per heavy atom. The van der Waals surface area contributed by atoms with Gasteiger partial charge in [0.1, 0.15) is 18.0 Å². The van der Waals surface area contributed by atoms with Crippen LogP contribution in [0.3, 0.4) is 0 Å². The molecule has 38 heavy (non-hydrogen) atoms. The molecule has 5 rings (SSSR count). The fourth-order valence-corrected chi connectivity index (χ4v) is 4.73. The third-order valence-corrected chi connectivity index (χ3v) is 6.70. The van der Waals surface area contributed by atoms with Crippen LogP contribution in [0.2, 0.25) is 0 Å². The Kier molecular flexibility index (Phi) is 9.04. The van der Waals surface area contributed by atoms with Crippen LogP contribution in [0.4, 0.5) is 10.6 Å². The van der Waals surface area contributed by atoms with Crippen molar-refractivity contribution in [3.8, 4) is 5.69 Å². The number of ether oxygens (including phenoxy) is 1. The molecule has 9 nitrogen and oxygen atoms in total. The second-order valence-electron chi connectivity index (χ2n) is 9.73. The van der Waals surface area contributed by atoms with E-state index in [1.54, 1.807) is 11.8 Å². The van der Waals surface area contributed by atoms with Gasteiger partial charge in [-0.3, -0.25) is 4.57 Å². The molecule has 202 valence electrons. The predicted molar refractivity (Wildman–Crippen MR) is 151 cm³/mol. The highest BCUT2D eigenvalue weighted by atomic mass is 16.6. The Labute approximate surface area is 223 Å². The topological polar surface area (TPSA) is 90.3 Å². The van der Waals surface area contributed by atoms with Crippen LogP contribution in [-0.2, 0) is 4.74 Å². The zero-order chi connectivity index (χ0) is 27.1. The van der Waals surface area contributed by atoms with Crippen LogP contribution in [0.1, 0.15) is 17.3 Å². The van der Waals surface area contributed by atoms with Gasteiger partial charge in [0.05, 0.1) is 5.52 Å². The minimum atomic E-state index is -0.968. The third kappa shape index (κ3) is 6.35. The largest absolute Gasteiger partial charge is 0.478 e. The van der Waals surface area contributed by atoms with Crippen LogP contribution in [0, 0.1) is 0 Å². The lowest BCUT2D eigenvalue weighted by Crippen LogP contribution is -2.49. The van der Waals surface area contributed by atoms with Crippen LogP contribution in [0.5, 0.6) is 0 Å². The van der Waals surface area contributed by atoms with Crippen molar-refractivity contribution < 1.29 is 19.4 Å². The van der Waals surface area contributed by atoms with Gasteiger partial charge >= 0.3 is 12.1 Å². The molecule has 2 aliphatic heterocycles. The molecule has 2 saturated heterocycles. The molecule has 0 atom stereocenters. The van der Waals surface area contributed by atoms with Gasteiger partial charge in [0.15, 0.2) is 0 Å². The minimum Gasteiger partial charge on any atom is -0.478 e. The van der Waals surface area contributed by atoms with E-state index in [0.717, 1.165) is 29.9 Å². The Morgan fingerprint density at radius 1 is 0.947 bits per heavy atom. The van der Waals surface area contributed by atoms with Crippen molar-refractivity contribution in [3.05, 3.63) is 72.3 Å². The summed E-state index contributed by atoms with van der Waals surface area (Å²) in [5, 5.41) is 14.0. The summed E-state index contributed by atoms with van der Waals surface area (Å²) in [5.41, 5.74) is 2.79. The van der Waals surface area contributed by atoms with Crippen molar-refractivity contribution in [2.45, 2.75) is 6.92 Å². The second kappa shape index (κ2) is 12.6. The molecule has 0 aliphatic carbocycles. The summed E-state index contributed by atoms with van der Waals surface area (Å²) in [6.45, 7) is 12.4. The molecule has 2 N–H and O–H groups in total. The zero-order valence-corrected chi connectivity index (χ0v) is 22.2. The first-order valence-corrected chi connectivity index (χ1v) is 13.0. The molecular weight excluding hydrogens is 482 g/mol. The number of aromatic carboxylic acids is 1. The normalized spacial score (nSPS) is 16.1. The predicted octanol–water partition coefficient (Wildman–Crippen LogP) is 3.68. The zero-order valence-electron chi connectivity index (χ0n) is 22.2. The summed E-state index contributed by atoms with van der Waals surface area (Å²) in [7, 11) is 2.15. The van der Waals surface area contributed by atoms with Gasteiger partial charge in [-0.25, -0.2) is 9.59 Å². The number of carbonyl (C=O) groups excluding carboxylic acids is 1. The number of hydrogen-bond acceptors (Lipinski definition) is 6. The first kappa shape index (κ1) is 27.2. The lowest BCUT2D eigenvalue weighted by atomic mass is 10.1. The second-order valence-corrected chi connectivity index (χ2v) is 9.73. The molecule has 0 spiro atoms. The average Bonchev–Trinajstić information content (AvgIpc) is 3.28. The molecule has 1 amide bonds. The highest BCUT2D eigenvalue weighted by Crippen LogP contribution is 2.36. The third-order valence-electron chi connectivity index (χ3n) is 6.70. The van der Waals surface area contributed by atoms with Gasteiger partial charge in [-0.15, -0.1) is 0 Å². The quantitative estimate of drug-likeness (QED) is 0.497. The molecule has 2 aliphatic rings. The molecule has 0 unspecified atom stereocenters. The van der Waals surface area contributed by atoms with E-state index in [2.05, 4.69) is 23.8 Å². The number of fused-ring (bicyclic) bond motifs is 1. The fourth-order valence-electron chi connectivity index (χ4n) is 4.73. The van der Waals surface area contributed by atoms with Gasteiger partial charge in [0.2, 0.25) is 0 Å². The molecule has 2 aromatic carbocycles. The van der Waals surface area contributed by atoms with Gasteiger partial charge in [0, 0.05) is 63.4 Å². The number of aromatic nitrogens is 1. The monoisotopic (exact) mass is 519 g/mol. The van der Waals surface area contributed by atoms with Crippen LogP contribution in [0.25, 0.3) is 16.6 Å². The number of likely N-dealkylation sites (N-methyl/N-ethyl adjacent to an activating group) is 1. The summed E-state index contributed by atoms with van der Waals surface area (Å²) in [6.07, 6.45) is -0.371. The van der Waals surface area contributed by atoms with Crippen LogP contribution in [0.15, 0.2) is 66.7 Å². The standard InChI is InChI=1S/C24H25N3O4.C5H12N2/c1-17(2)16-31-24(30)26-14-12-25(13-15-26)22-21(23(28)29)19-10-6-7-11-20(19)27(22)18-8-4-3-5-9-18;1-7-4-2-6-3-5-7/h3-11H,1,12-16H2,2H3,(H,28,29);6H,2-5H2,1H3. The molecule has 0 bridgehead atoms. The lowest BCUT2D eigenvalue weighted by molar-refractivity contribution is 0.0698. The lowest BCUT2D eigenvalue weighted by Gasteiger charge is -2.36. The first-order chi connectivity index (χ1) is 18.4. The highest BCUT2D eigenvalue weighted by Gasteiger charge is 2.30. The van der Waals surface area contributed by atoms with Gasteiger partial charge in [-0.2, -0.15) is 0 Å². The maximum absolute atomic E-state index is 12.3. The summed E-state index contributed by atoms with van der Waals surface area (Å²) >= 11 is 0. The van der Waals surface area contributed by atoms with E-state index in [4.69, 9.17) is 4.74 Å². The summed E-state index contributed by atoms with van der Waals surface area (Å²) in [6, 6.07) is 17.3. The average molecular weight is 520 g/mol. The molecule has 1 aromatic heterocycles. The number of amides is 1. The number of nitrogens with one attached hydrogen (secondary N) is 1. The smallest absolute Gasteiger partial charge is 0.410 e. The molecule has 3 aromatic rings. The molecule has 3 heterocycles. The number of hydrogen-bond donors (Lipinski definition) is 2. The Bertz CT molecular complexity index is 1260. The number of nitrogens with zero attached hydrogens (tertiary/aromatic N) is 4. The van der Waals surface area contributed by atoms with Crippen molar-refractivity contribution in [2.75, 3.05) is 70.9 Å². The maximum Gasteiger partial charge on any atom is 0.410 e. The fraction of sp³-hybridized carbons (Fsp3) is 0.379. The van der Waals surface area contributed by atoms with Crippen molar-refractivity contribution in [1.82, 2.24) is 19.7 Å². The summed E-state index contributed by atoms with van der Waals surface area (Å²) < 4.78 is 7.25. The molecule has 0 radical (unpaired) electrons. The number of anilines is 1. The molecule has 2 fully saturated rings. The van der Waals surface area contributed by atoms with Crippen molar-refractivity contribution in [2.24, 2.45) is 0 Å². The molecular formula is C29H37N5O4. The molecule has 0 saturated carbocycles. The van der Waals surface area contributed by atoms with Gasteiger partial charge in [-0.05, 0) is 37.7 Å². The summed E-state index contributed by atoms with van der Waals surface area (Å²) in [4.78, 5) is 30.6. The van der Waals surface area contributed by atoms with Gasteiger partial charge in [-0.1, -0.05) is 43.0 Å². The molecule has 9 heteroatoms. The van der Waals surface area contributed by atoms with Gasteiger partial charge < -0.3 is 29.9 Å². The van der Waals surface area contributed by atoms with E-state index in [9.17, 15) is 14.7 Å². The number of carboxylic acids is 1. The maximum atomic E-state index is 12.3. The first-order valence-electron chi connectivity index (χ1n) is 13.0. The SMILES string of the molecule is C=C(C)COC(=O)N1CCN(c2c(C(=O)O)c3ccccc3n2-c2ccccc2)CC1.CN1CCNCC1. The van der Waals surface area contributed by atoms with E-state index in [1.165, 1.54) is 13.1 Å². The highest BCUT2D eigenvalue weighted by molar-refractivity contribution is 6.10. The number of benzene rings is 2. The number of carboxylic acid groups (broad SMARTS) is 1. The Balaban J connectivity index is 0.000000417. The van der Waals surface area contributed by atoms with E-state index >= 15 is 0 Å². The van der Waals surface area contributed by atoms with E-state index in [0.29, 0.717) is 37.4 Å². The Morgan fingerprint density at radius 3 is 2.16 bits per heavy atom.